The second-order valence-corrected chi connectivity index (χ2v) is 14.3. The number of hydrogen-bond acceptors (Lipinski definition) is 3. The van der Waals surface area contributed by atoms with Gasteiger partial charge in [-0.25, -0.2) is 0 Å². The van der Waals surface area contributed by atoms with Crippen molar-refractivity contribution < 1.29 is 14.6 Å². The molecule has 0 amide bonds. The van der Waals surface area contributed by atoms with Gasteiger partial charge in [-0.1, -0.05) is 52.8 Å². The number of carbonyl (C=O) groups excluding carboxylic acids is 1. The van der Waals surface area contributed by atoms with Gasteiger partial charge in [-0.15, -0.1) is 0 Å². The third-order valence-electron chi connectivity index (χ3n) is 11.9. The van der Waals surface area contributed by atoms with E-state index in [0.29, 0.717) is 28.6 Å². The van der Waals surface area contributed by atoms with Crippen LogP contribution in [0.15, 0.2) is 24.3 Å². The lowest BCUT2D eigenvalue weighted by atomic mass is 9.41. The van der Waals surface area contributed by atoms with Gasteiger partial charge in [0.1, 0.15) is 6.29 Å². The fourth-order valence-corrected chi connectivity index (χ4v) is 10.3. The van der Waals surface area contributed by atoms with Crippen LogP contribution >= 0.6 is 0 Å². The molecule has 4 aliphatic rings. The molecule has 0 spiro atoms. The lowest BCUT2D eigenvalue weighted by Gasteiger charge is -2.65. The molecule has 4 saturated carbocycles. The van der Waals surface area contributed by atoms with Crippen LogP contribution in [0.1, 0.15) is 120 Å². The molecule has 0 radical (unpaired) electrons. The van der Waals surface area contributed by atoms with Crippen LogP contribution in [0.4, 0.5) is 0 Å². The lowest BCUT2D eigenvalue weighted by Crippen LogP contribution is -2.59. The van der Waals surface area contributed by atoms with E-state index >= 15 is 0 Å². The second kappa shape index (κ2) is 14.1. The normalized spacial score (nSPS) is 39.4. The average Bonchev–Trinajstić information content (AvgIpc) is 3.21. The monoisotopic (exact) mass is 530 g/mol. The fourth-order valence-electron chi connectivity index (χ4n) is 10.3. The van der Waals surface area contributed by atoms with Crippen LogP contribution in [0.5, 0.6) is 0 Å². The molecule has 1 N–H and O–H groups in total. The number of aldehydes is 1. The van der Waals surface area contributed by atoms with Crippen LogP contribution in [0.3, 0.4) is 0 Å². The maximum Gasteiger partial charge on any atom is 0.142 e. The van der Waals surface area contributed by atoms with Gasteiger partial charge in [-0.05, 0) is 143 Å². The second-order valence-electron chi connectivity index (χ2n) is 14.3. The van der Waals surface area contributed by atoms with Crippen molar-refractivity contribution in [1.29, 1.82) is 0 Å². The van der Waals surface area contributed by atoms with Crippen LogP contribution in [0.25, 0.3) is 0 Å². The van der Waals surface area contributed by atoms with E-state index in [0.717, 1.165) is 35.5 Å². The van der Waals surface area contributed by atoms with Gasteiger partial charge in [0.15, 0.2) is 0 Å². The number of aliphatic hydroxyl groups excluding tert-OH is 1. The van der Waals surface area contributed by atoms with Crippen molar-refractivity contribution in [2.75, 3.05) is 13.7 Å². The highest BCUT2D eigenvalue weighted by Crippen LogP contribution is 2.70. The van der Waals surface area contributed by atoms with Crippen LogP contribution in [-0.2, 0) is 9.53 Å². The SMILES string of the molecule is C=CC=O.CCO.COC1CCC2(C)C3CCC4(C)C(CCC4[C@H](C)CCC=C(C)C)C3CCC2C1(C)C. The number of fused-ring (bicyclic) bond motifs is 5. The molecule has 3 nitrogen and oxygen atoms in total. The molecule has 9 atom stereocenters. The number of carbonyl (C=O) groups is 1. The molecule has 8 unspecified atom stereocenters. The molecular formula is C35H62O3. The van der Waals surface area contributed by atoms with Crippen LogP contribution in [0, 0.1) is 51.8 Å². The minimum atomic E-state index is 0.250. The Labute approximate surface area is 236 Å². The molecule has 0 aromatic carbocycles. The van der Waals surface area contributed by atoms with Crippen LogP contribution < -0.4 is 0 Å². The van der Waals surface area contributed by atoms with Gasteiger partial charge in [0.05, 0.1) is 6.10 Å². The summed E-state index contributed by atoms with van der Waals surface area (Å²) in [7, 11) is 1.95. The first-order valence-corrected chi connectivity index (χ1v) is 15.7. The molecule has 3 heteroatoms. The standard InChI is InChI=1S/C30H52O.C3H4O.C2H6O/c1-20(2)10-9-11-21(3)23-13-14-24-22-12-15-26-28(4,5)27(31-8)17-19-30(26,7)25(22)16-18-29(23,24)6;1-2-3-4;1-2-3/h10,21-27H,9,11-19H2,1-8H3;2-3H,1H2;3H,2H2,1H3/t21-,22?,23?,24?,25?,26?,27?,29?,30?;;/m1../s1. The minimum Gasteiger partial charge on any atom is -0.397 e. The molecule has 220 valence electrons. The van der Waals surface area contributed by atoms with Gasteiger partial charge in [0.25, 0.3) is 0 Å². The summed E-state index contributed by atoms with van der Waals surface area (Å²) < 4.78 is 6.01. The molecule has 0 heterocycles. The zero-order valence-corrected chi connectivity index (χ0v) is 26.5. The van der Waals surface area contributed by atoms with Gasteiger partial charge in [-0.2, -0.15) is 0 Å². The molecule has 0 bridgehead atoms. The van der Waals surface area contributed by atoms with Crippen molar-refractivity contribution >= 4 is 6.29 Å². The molecule has 0 aromatic rings. The third kappa shape index (κ3) is 6.68. The zero-order valence-electron chi connectivity index (χ0n) is 26.5. The summed E-state index contributed by atoms with van der Waals surface area (Å²) in [5, 5.41) is 7.57. The van der Waals surface area contributed by atoms with Crippen LogP contribution in [-0.4, -0.2) is 31.2 Å². The largest absolute Gasteiger partial charge is 0.397 e. The third-order valence-corrected chi connectivity index (χ3v) is 11.9. The van der Waals surface area contributed by atoms with E-state index in [1.807, 2.05) is 7.11 Å². The molecule has 4 fully saturated rings. The van der Waals surface area contributed by atoms with E-state index in [1.165, 1.54) is 75.9 Å². The Morgan fingerprint density at radius 2 is 1.58 bits per heavy atom. The predicted octanol–water partition coefficient (Wildman–Crippen LogP) is 9.05. The van der Waals surface area contributed by atoms with E-state index in [2.05, 4.69) is 61.1 Å². The van der Waals surface area contributed by atoms with E-state index in [4.69, 9.17) is 14.6 Å². The van der Waals surface area contributed by atoms with Gasteiger partial charge in [0.2, 0.25) is 0 Å². The van der Waals surface area contributed by atoms with E-state index < -0.39 is 0 Å². The maximum atomic E-state index is 9.06. The summed E-state index contributed by atoms with van der Waals surface area (Å²) in [6, 6.07) is 0. The van der Waals surface area contributed by atoms with Crippen LogP contribution in [0.2, 0.25) is 0 Å². The Morgan fingerprint density at radius 3 is 2.13 bits per heavy atom. The Hall–Kier alpha value is -0.930. The number of aliphatic hydroxyl groups is 1. The molecule has 0 saturated heterocycles. The smallest absolute Gasteiger partial charge is 0.142 e. The summed E-state index contributed by atoms with van der Waals surface area (Å²) in [4.78, 5) is 9.06. The molecule has 0 aromatic heterocycles. The first-order chi connectivity index (χ1) is 17.9. The van der Waals surface area contributed by atoms with Crippen molar-refractivity contribution in [3.8, 4) is 0 Å². The summed E-state index contributed by atoms with van der Waals surface area (Å²) >= 11 is 0. The number of allylic oxidation sites excluding steroid dienone is 3. The van der Waals surface area contributed by atoms with Gasteiger partial charge in [-0.3, -0.25) is 4.79 Å². The van der Waals surface area contributed by atoms with Crippen molar-refractivity contribution in [1.82, 2.24) is 0 Å². The topological polar surface area (TPSA) is 46.5 Å². The fraction of sp³-hybridized carbons (Fsp3) is 0.857. The molecule has 4 rings (SSSR count). The zero-order chi connectivity index (χ0) is 28.7. The molecule has 0 aliphatic heterocycles. The number of methoxy groups -OCH3 is 1. The molecule has 38 heavy (non-hydrogen) atoms. The number of rotatable bonds is 6. The first-order valence-electron chi connectivity index (χ1n) is 15.7. The number of ether oxygens (including phenoxy) is 1. The predicted molar refractivity (Wildman–Crippen MR) is 162 cm³/mol. The van der Waals surface area contributed by atoms with Crippen molar-refractivity contribution in [3.05, 3.63) is 24.3 Å². The highest BCUT2D eigenvalue weighted by molar-refractivity contribution is 5.63. The molecule has 4 aliphatic carbocycles. The highest BCUT2D eigenvalue weighted by Gasteiger charge is 2.63. The molecular weight excluding hydrogens is 468 g/mol. The van der Waals surface area contributed by atoms with E-state index in [9.17, 15) is 0 Å². The Balaban J connectivity index is 0.000000650. The quantitative estimate of drug-likeness (QED) is 0.212. The van der Waals surface area contributed by atoms with Gasteiger partial charge in [0, 0.05) is 13.7 Å². The number of hydrogen-bond donors (Lipinski definition) is 1. The Morgan fingerprint density at radius 1 is 1.00 bits per heavy atom. The van der Waals surface area contributed by atoms with E-state index in [-0.39, 0.29) is 6.61 Å². The average molecular weight is 531 g/mol. The van der Waals surface area contributed by atoms with E-state index in [1.54, 1.807) is 6.92 Å². The maximum absolute atomic E-state index is 9.06. The van der Waals surface area contributed by atoms with Crippen molar-refractivity contribution in [2.45, 2.75) is 126 Å². The van der Waals surface area contributed by atoms with Gasteiger partial charge < -0.3 is 9.84 Å². The Bertz CT molecular complexity index is 774. The van der Waals surface area contributed by atoms with Crippen molar-refractivity contribution in [3.63, 3.8) is 0 Å². The highest BCUT2D eigenvalue weighted by atomic mass is 16.5. The first kappa shape index (κ1) is 33.3. The summed E-state index contributed by atoms with van der Waals surface area (Å²) in [5.41, 5.74) is 2.95. The minimum absolute atomic E-state index is 0.250. The lowest BCUT2D eigenvalue weighted by molar-refractivity contribution is -0.185. The summed E-state index contributed by atoms with van der Waals surface area (Å²) in [5.74, 6) is 5.61. The van der Waals surface area contributed by atoms with Gasteiger partial charge >= 0.3 is 0 Å². The Kier molecular flexibility index (Phi) is 12.4. The summed E-state index contributed by atoms with van der Waals surface area (Å²) in [6.45, 7) is 22.6. The summed E-state index contributed by atoms with van der Waals surface area (Å²) in [6.07, 6.45) is 19.0. The van der Waals surface area contributed by atoms with Crippen molar-refractivity contribution in [2.24, 2.45) is 51.8 Å².